The van der Waals surface area contributed by atoms with Crippen LogP contribution in [-0.2, 0) is 4.79 Å². The van der Waals surface area contributed by atoms with Gasteiger partial charge in [-0.05, 0) is 31.7 Å². The largest absolute Gasteiger partial charge is 0.355 e. The number of rotatable bonds is 7. The van der Waals surface area contributed by atoms with Gasteiger partial charge in [0.05, 0.1) is 6.54 Å². The van der Waals surface area contributed by atoms with E-state index in [4.69, 9.17) is 0 Å². The Kier molecular flexibility index (Phi) is 4.54. The summed E-state index contributed by atoms with van der Waals surface area (Å²) in [5.41, 5.74) is 0. The Hall–Kier alpha value is -0.830. The van der Waals surface area contributed by atoms with Crippen molar-refractivity contribution in [3.63, 3.8) is 0 Å². The SMILES string of the molecule is C=CCCNC(=O)CNCC1CC1. The highest BCUT2D eigenvalue weighted by Crippen LogP contribution is 2.27. The molecular formula is C10H18N2O. The molecule has 1 rings (SSSR count). The first-order valence-corrected chi connectivity index (χ1v) is 4.91. The molecule has 0 aromatic heterocycles. The van der Waals surface area contributed by atoms with Gasteiger partial charge in [0.1, 0.15) is 0 Å². The van der Waals surface area contributed by atoms with Gasteiger partial charge in [-0.25, -0.2) is 0 Å². The molecule has 3 nitrogen and oxygen atoms in total. The van der Waals surface area contributed by atoms with Crippen LogP contribution in [0.5, 0.6) is 0 Å². The maximum Gasteiger partial charge on any atom is 0.233 e. The zero-order valence-corrected chi connectivity index (χ0v) is 8.01. The van der Waals surface area contributed by atoms with Gasteiger partial charge in [0.2, 0.25) is 5.91 Å². The number of carbonyl (C=O) groups excluding carboxylic acids is 1. The van der Waals surface area contributed by atoms with Gasteiger partial charge >= 0.3 is 0 Å². The highest BCUT2D eigenvalue weighted by atomic mass is 16.1. The molecule has 1 saturated carbocycles. The predicted molar refractivity (Wildman–Crippen MR) is 53.4 cm³/mol. The quantitative estimate of drug-likeness (QED) is 0.449. The third-order valence-electron chi connectivity index (χ3n) is 2.09. The molecule has 1 amide bonds. The standard InChI is InChI=1S/C10H18N2O/c1-2-3-6-12-10(13)8-11-7-9-4-5-9/h2,9,11H,1,3-8H2,(H,12,13). The average Bonchev–Trinajstić information content (AvgIpc) is 2.89. The molecule has 1 aliphatic rings. The Balaban J connectivity index is 1.87. The van der Waals surface area contributed by atoms with Crippen LogP contribution in [0.2, 0.25) is 0 Å². The second kappa shape index (κ2) is 5.75. The van der Waals surface area contributed by atoms with Gasteiger partial charge in [-0.2, -0.15) is 0 Å². The molecule has 13 heavy (non-hydrogen) atoms. The normalized spacial score (nSPS) is 15.4. The molecule has 0 aromatic carbocycles. The number of nitrogens with one attached hydrogen (secondary N) is 2. The summed E-state index contributed by atoms with van der Waals surface area (Å²) in [7, 11) is 0. The van der Waals surface area contributed by atoms with Crippen molar-refractivity contribution < 1.29 is 4.79 Å². The third kappa shape index (κ3) is 5.42. The molecule has 0 saturated heterocycles. The first-order valence-electron chi connectivity index (χ1n) is 4.91. The minimum atomic E-state index is 0.0856. The molecule has 0 aromatic rings. The van der Waals surface area contributed by atoms with Crippen LogP contribution >= 0.6 is 0 Å². The number of carbonyl (C=O) groups is 1. The van der Waals surface area contributed by atoms with E-state index in [1.165, 1.54) is 12.8 Å². The van der Waals surface area contributed by atoms with Crippen molar-refractivity contribution in [3.05, 3.63) is 12.7 Å². The molecule has 3 heteroatoms. The van der Waals surface area contributed by atoms with Gasteiger partial charge in [0.25, 0.3) is 0 Å². The maximum atomic E-state index is 11.1. The van der Waals surface area contributed by atoms with Crippen molar-refractivity contribution in [1.29, 1.82) is 0 Å². The summed E-state index contributed by atoms with van der Waals surface area (Å²) in [6.07, 6.45) is 5.29. The fourth-order valence-electron chi connectivity index (χ4n) is 1.09. The lowest BCUT2D eigenvalue weighted by Gasteiger charge is -2.04. The van der Waals surface area contributed by atoms with Gasteiger partial charge in [0, 0.05) is 6.54 Å². The topological polar surface area (TPSA) is 41.1 Å². The lowest BCUT2D eigenvalue weighted by Crippen LogP contribution is -2.35. The minimum Gasteiger partial charge on any atom is -0.355 e. The molecule has 0 radical (unpaired) electrons. The van der Waals surface area contributed by atoms with Crippen LogP contribution in [0.1, 0.15) is 19.3 Å². The van der Waals surface area contributed by atoms with E-state index in [0.29, 0.717) is 13.1 Å². The lowest BCUT2D eigenvalue weighted by molar-refractivity contribution is -0.120. The molecule has 1 aliphatic carbocycles. The van der Waals surface area contributed by atoms with E-state index in [1.54, 1.807) is 6.08 Å². The van der Waals surface area contributed by atoms with Gasteiger partial charge in [-0.15, -0.1) is 6.58 Å². The Morgan fingerprint density at radius 1 is 1.54 bits per heavy atom. The van der Waals surface area contributed by atoms with Gasteiger partial charge in [0.15, 0.2) is 0 Å². The monoisotopic (exact) mass is 182 g/mol. The van der Waals surface area contributed by atoms with Gasteiger partial charge < -0.3 is 10.6 Å². The van der Waals surface area contributed by atoms with Crippen LogP contribution in [0.3, 0.4) is 0 Å². The molecule has 0 bridgehead atoms. The molecule has 1 fully saturated rings. The van der Waals surface area contributed by atoms with Crippen molar-refractivity contribution in [2.75, 3.05) is 19.6 Å². The predicted octanol–water partition coefficient (Wildman–Crippen LogP) is 0.678. The van der Waals surface area contributed by atoms with E-state index in [-0.39, 0.29) is 5.91 Å². The first kappa shape index (κ1) is 10.3. The van der Waals surface area contributed by atoms with Crippen LogP contribution in [0.15, 0.2) is 12.7 Å². The van der Waals surface area contributed by atoms with E-state index in [9.17, 15) is 4.79 Å². The Labute approximate surface area is 79.6 Å². The molecule has 0 unspecified atom stereocenters. The van der Waals surface area contributed by atoms with E-state index >= 15 is 0 Å². The zero-order chi connectivity index (χ0) is 9.52. The highest BCUT2D eigenvalue weighted by molar-refractivity contribution is 5.77. The van der Waals surface area contributed by atoms with Gasteiger partial charge in [-0.1, -0.05) is 6.08 Å². The van der Waals surface area contributed by atoms with Crippen molar-refractivity contribution in [1.82, 2.24) is 10.6 Å². The highest BCUT2D eigenvalue weighted by Gasteiger charge is 2.20. The molecule has 0 heterocycles. The van der Waals surface area contributed by atoms with E-state index in [2.05, 4.69) is 17.2 Å². The first-order chi connectivity index (χ1) is 6.33. The van der Waals surface area contributed by atoms with E-state index in [0.717, 1.165) is 18.9 Å². The molecule has 74 valence electrons. The van der Waals surface area contributed by atoms with Crippen molar-refractivity contribution in [3.8, 4) is 0 Å². The molecule has 0 atom stereocenters. The molecular weight excluding hydrogens is 164 g/mol. The fraction of sp³-hybridized carbons (Fsp3) is 0.700. The number of hydrogen-bond acceptors (Lipinski definition) is 2. The van der Waals surface area contributed by atoms with E-state index < -0.39 is 0 Å². The summed E-state index contributed by atoms with van der Waals surface area (Å²) < 4.78 is 0. The second-order valence-corrected chi connectivity index (χ2v) is 3.50. The summed E-state index contributed by atoms with van der Waals surface area (Å²) in [4.78, 5) is 11.1. The summed E-state index contributed by atoms with van der Waals surface area (Å²) in [6, 6.07) is 0. The van der Waals surface area contributed by atoms with Gasteiger partial charge in [-0.3, -0.25) is 4.79 Å². The summed E-state index contributed by atoms with van der Waals surface area (Å²) in [6.45, 7) is 5.73. The van der Waals surface area contributed by atoms with Crippen molar-refractivity contribution in [2.45, 2.75) is 19.3 Å². The second-order valence-electron chi connectivity index (χ2n) is 3.50. The summed E-state index contributed by atoms with van der Waals surface area (Å²) in [5, 5.41) is 5.94. The zero-order valence-electron chi connectivity index (χ0n) is 8.01. The number of hydrogen-bond donors (Lipinski definition) is 2. The van der Waals surface area contributed by atoms with Crippen LogP contribution < -0.4 is 10.6 Å². The smallest absolute Gasteiger partial charge is 0.233 e. The Morgan fingerprint density at radius 2 is 2.31 bits per heavy atom. The fourth-order valence-corrected chi connectivity index (χ4v) is 1.09. The Morgan fingerprint density at radius 3 is 2.92 bits per heavy atom. The van der Waals surface area contributed by atoms with Crippen LogP contribution in [0.25, 0.3) is 0 Å². The molecule has 2 N–H and O–H groups in total. The van der Waals surface area contributed by atoms with Crippen molar-refractivity contribution in [2.24, 2.45) is 5.92 Å². The maximum absolute atomic E-state index is 11.1. The lowest BCUT2D eigenvalue weighted by atomic mass is 10.4. The minimum absolute atomic E-state index is 0.0856. The Bertz CT molecular complexity index is 176. The summed E-state index contributed by atoms with van der Waals surface area (Å²) >= 11 is 0. The van der Waals surface area contributed by atoms with Crippen LogP contribution in [0.4, 0.5) is 0 Å². The summed E-state index contributed by atoms with van der Waals surface area (Å²) in [5.74, 6) is 0.920. The van der Waals surface area contributed by atoms with Crippen molar-refractivity contribution >= 4 is 5.91 Å². The van der Waals surface area contributed by atoms with Crippen LogP contribution in [-0.4, -0.2) is 25.5 Å². The average molecular weight is 182 g/mol. The third-order valence-corrected chi connectivity index (χ3v) is 2.09. The number of amides is 1. The van der Waals surface area contributed by atoms with Crippen LogP contribution in [0, 0.1) is 5.92 Å². The molecule has 0 aliphatic heterocycles. The van der Waals surface area contributed by atoms with E-state index in [1.807, 2.05) is 0 Å². The molecule has 0 spiro atoms.